The molecule has 0 amide bonds. The Balaban J connectivity index is 2.63. The van der Waals surface area contributed by atoms with Gasteiger partial charge in [0.15, 0.2) is 0 Å². The average molecular weight is 369 g/mol. The van der Waals surface area contributed by atoms with Crippen molar-refractivity contribution in [2.24, 2.45) is 0 Å². The fourth-order valence-electron chi connectivity index (χ4n) is 2.78. The second kappa shape index (κ2) is 8.11. The Labute approximate surface area is 149 Å². The Bertz CT molecular complexity index is 761. The first kappa shape index (κ1) is 18.9. The van der Waals surface area contributed by atoms with E-state index in [0.717, 1.165) is 0 Å². The van der Waals surface area contributed by atoms with Crippen LogP contribution in [-0.2, 0) is 19.1 Å². The zero-order valence-electron chi connectivity index (χ0n) is 14.1. The van der Waals surface area contributed by atoms with Crippen LogP contribution in [0.4, 0.5) is 4.39 Å². The van der Waals surface area contributed by atoms with Crippen LogP contribution in [0.25, 0.3) is 0 Å². The average Bonchev–Trinajstić information content (AvgIpc) is 2.59. The predicted octanol–water partition coefficient (Wildman–Crippen LogP) is 2.41. The van der Waals surface area contributed by atoms with E-state index < -0.39 is 23.8 Å². The molecule has 134 valence electrons. The minimum absolute atomic E-state index is 0.00430. The van der Waals surface area contributed by atoms with E-state index in [1.54, 1.807) is 13.8 Å². The Morgan fingerprint density at radius 1 is 1.28 bits per heavy atom. The van der Waals surface area contributed by atoms with Gasteiger partial charge >= 0.3 is 11.9 Å². The molecule has 0 fully saturated rings. The summed E-state index contributed by atoms with van der Waals surface area (Å²) in [5, 5.41) is 2.95. The minimum Gasteiger partial charge on any atom is -0.466 e. The summed E-state index contributed by atoms with van der Waals surface area (Å²) in [4.78, 5) is 28.5. The number of halogens is 2. The second-order valence-electron chi connectivity index (χ2n) is 5.34. The molecule has 0 radical (unpaired) electrons. The van der Waals surface area contributed by atoms with E-state index in [0.29, 0.717) is 11.4 Å². The van der Waals surface area contributed by atoms with E-state index in [9.17, 15) is 14.0 Å². The van der Waals surface area contributed by atoms with Crippen LogP contribution in [0.3, 0.4) is 0 Å². The van der Waals surface area contributed by atoms with E-state index in [1.165, 1.54) is 25.4 Å². The van der Waals surface area contributed by atoms with Gasteiger partial charge in [-0.2, -0.15) is 4.39 Å². The van der Waals surface area contributed by atoms with Gasteiger partial charge in [0.2, 0.25) is 5.95 Å². The van der Waals surface area contributed by atoms with Crippen molar-refractivity contribution < 1.29 is 23.5 Å². The molecule has 0 aliphatic carbocycles. The zero-order valence-corrected chi connectivity index (χ0v) is 14.8. The molecule has 25 heavy (non-hydrogen) atoms. The summed E-state index contributed by atoms with van der Waals surface area (Å²) >= 11 is 5.56. The fourth-order valence-corrected chi connectivity index (χ4v) is 2.86. The maximum Gasteiger partial charge on any atom is 0.336 e. The highest BCUT2D eigenvalue weighted by Gasteiger charge is 2.39. The number of hydrogen-bond acceptors (Lipinski definition) is 6. The van der Waals surface area contributed by atoms with Gasteiger partial charge in [0.25, 0.3) is 0 Å². The van der Waals surface area contributed by atoms with E-state index in [1.807, 2.05) is 0 Å². The third kappa shape index (κ3) is 3.82. The monoisotopic (exact) mass is 368 g/mol. The van der Waals surface area contributed by atoms with Crippen LogP contribution in [0.5, 0.6) is 0 Å². The van der Waals surface area contributed by atoms with Crippen molar-refractivity contribution >= 4 is 23.5 Å². The number of carbonyl (C=O) groups is 2. The highest BCUT2D eigenvalue weighted by atomic mass is 35.5. The van der Waals surface area contributed by atoms with Gasteiger partial charge < -0.3 is 14.8 Å². The van der Waals surface area contributed by atoms with Gasteiger partial charge in [0, 0.05) is 23.2 Å². The van der Waals surface area contributed by atoms with Crippen LogP contribution in [0.15, 0.2) is 40.9 Å². The van der Waals surface area contributed by atoms with Crippen molar-refractivity contribution in [2.45, 2.75) is 19.8 Å². The molecule has 0 aromatic carbocycles. The number of alkyl halides is 1. The van der Waals surface area contributed by atoms with Crippen molar-refractivity contribution in [1.82, 2.24) is 10.3 Å². The lowest BCUT2D eigenvalue weighted by atomic mass is 9.81. The van der Waals surface area contributed by atoms with Gasteiger partial charge in [0.05, 0.1) is 30.1 Å². The number of hydrogen-bond donors (Lipinski definition) is 1. The fraction of sp³-hybridized carbons (Fsp3) is 0.353. The van der Waals surface area contributed by atoms with Gasteiger partial charge in [-0.15, -0.1) is 11.6 Å². The molecule has 1 unspecified atom stereocenters. The highest BCUT2D eigenvalue weighted by Crippen LogP contribution is 2.39. The van der Waals surface area contributed by atoms with Crippen LogP contribution in [-0.4, -0.2) is 36.5 Å². The molecule has 8 heteroatoms. The number of ether oxygens (including phenoxy) is 2. The van der Waals surface area contributed by atoms with Gasteiger partial charge in [-0.05, 0) is 19.9 Å². The van der Waals surface area contributed by atoms with Crippen LogP contribution in [0.2, 0.25) is 0 Å². The number of nitrogens with one attached hydrogen (secondary N) is 1. The molecule has 0 saturated carbocycles. The summed E-state index contributed by atoms with van der Waals surface area (Å²) in [6, 6.07) is 3.00. The van der Waals surface area contributed by atoms with Crippen LogP contribution >= 0.6 is 11.6 Å². The summed E-state index contributed by atoms with van der Waals surface area (Å²) in [5.74, 6) is -3.01. The van der Waals surface area contributed by atoms with Gasteiger partial charge in [-0.25, -0.2) is 14.6 Å². The molecular weight excluding hydrogens is 351 g/mol. The Kier molecular flexibility index (Phi) is 6.14. The molecule has 1 atom stereocenters. The number of dihydropyridines is 1. The molecule has 1 aliphatic rings. The van der Waals surface area contributed by atoms with Crippen LogP contribution in [0.1, 0.15) is 25.3 Å². The predicted molar refractivity (Wildman–Crippen MR) is 89.2 cm³/mol. The van der Waals surface area contributed by atoms with E-state index in [-0.39, 0.29) is 29.2 Å². The first-order valence-corrected chi connectivity index (χ1v) is 8.06. The highest BCUT2D eigenvalue weighted by molar-refractivity contribution is 6.18. The van der Waals surface area contributed by atoms with Crippen molar-refractivity contribution in [3.8, 4) is 0 Å². The Hall–Kier alpha value is -2.41. The number of carbonyl (C=O) groups excluding carboxylic acids is 2. The maximum atomic E-state index is 14.4. The lowest BCUT2D eigenvalue weighted by Crippen LogP contribution is -2.33. The number of nitrogens with zero attached hydrogens (tertiary/aromatic N) is 1. The number of allylic oxidation sites excluding steroid dienone is 2. The van der Waals surface area contributed by atoms with Gasteiger partial charge in [-0.1, -0.05) is 6.07 Å². The maximum absolute atomic E-state index is 14.4. The lowest BCUT2D eigenvalue weighted by molar-refractivity contribution is -0.139. The third-order valence-corrected chi connectivity index (χ3v) is 3.95. The molecule has 1 N–H and O–H groups in total. The lowest BCUT2D eigenvalue weighted by Gasteiger charge is -2.30. The van der Waals surface area contributed by atoms with Crippen molar-refractivity contribution in [3.63, 3.8) is 0 Å². The van der Waals surface area contributed by atoms with E-state index in [4.69, 9.17) is 21.1 Å². The molecule has 0 bridgehead atoms. The number of esters is 2. The number of rotatable bonds is 5. The molecule has 1 aromatic rings. The topological polar surface area (TPSA) is 77.5 Å². The Morgan fingerprint density at radius 2 is 1.92 bits per heavy atom. The second-order valence-corrected chi connectivity index (χ2v) is 5.71. The smallest absolute Gasteiger partial charge is 0.336 e. The molecular formula is C17H18ClFN2O4. The summed E-state index contributed by atoms with van der Waals surface area (Å²) < 4.78 is 24.3. The molecule has 1 aliphatic heterocycles. The Morgan fingerprint density at radius 3 is 2.48 bits per heavy atom. The molecule has 0 saturated heterocycles. The third-order valence-electron chi connectivity index (χ3n) is 3.79. The molecule has 6 nitrogen and oxygen atoms in total. The van der Waals surface area contributed by atoms with Crippen molar-refractivity contribution in [3.05, 3.63) is 52.4 Å². The summed E-state index contributed by atoms with van der Waals surface area (Å²) in [7, 11) is 1.22. The number of aromatic nitrogens is 1. The number of methoxy groups -OCH3 is 1. The minimum atomic E-state index is -0.995. The summed E-state index contributed by atoms with van der Waals surface area (Å²) in [6.07, 6.45) is 1.29. The summed E-state index contributed by atoms with van der Waals surface area (Å²) in [5.41, 5.74) is 1.24. The van der Waals surface area contributed by atoms with Gasteiger partial charge in [0.1, 0.15) is 6.61 Å². The standard InChI is InChI=1S/C17H18ClFN2O4/c1-9-12(16(22)24-3)14(11-5-4-7-20-15(11)19)13(10(2)21-9)17(23)25-8-6-18/h4-5,7,14,21H,6,8H2,1-3H3. The van der Waals surface area contributed by atoms with E-state index in [2.05, 4.69) is 10.3 Å². The first-order chi connectivity index (χ1) is 11.9. The quantitative estimate of drug-likeness (QED) is 0.488. The van der Waals surface area contributed by atoms with Crippen molar-refractivity contribution in [1.29, 1.82) is 0 Å². The van der Waals surface area contributed by atoms with Crippen LogP contribution < -0.4 is 5.32 Å². The normalized spacial score (nSPS) is 17.2. The van der Waals surface area contributed by atoms with Crippen LogP contribution in [0, 0.1) is 5.95 Å². The number of pyridine rings is 1. The molecule has 2 heterocycles. The van der Waals surface area contributed by atoms with Crippen molar-refractivity contribution in [2.75, 3.05) is 19.6 Å². The SMILES string of the molecule is COC(=O)C1=C(C)NC(C)=C(C(=O)OCCCl)C1c1cccnc1F. The zero-order chi connectivity index (χ0) is 18.6. The largest absolute Gasteiger partial charge is 0.466 e. The first-order valence-electron chi connectivity index (χ1n) is 7.52. The van der Waals surface area contributed by atoms with Gasteiger partial charge in [-0.3, -0.25) is 0 Å². The molecule has 1 aromatic heterocycles. The molecule has 2 rings (SSSR count). The van der Waals surface area contributed by atoms with E-state index >= 15 is 0 Å². The summed E-state index contributed by atoms with van der Waals surface area (Å²) in [6.45, 7) is 3.30. The molecule has 0 spiro atoms.